The largest absolute Gasteiger partial charge is 0.351 e. The average Bonchev–Trinajstić information content (AvgIpc) is 3.16. The molecule has 1 N–H and O–H groups in total. The number of anilines is 1. The minimum atomic E-state index is -3.31. The molecule has 0 amide bonds. The number of aromatic nitrogens is 5. The molecule has 3 aromatic heterocycles. The molecule has 1 fully saturated rings. The number of alkyl halides is 2. The van der Waals surface area contributed by atoms with Gasteiger partial charge in [-0.05, 0) is 26.1 Å². The zero-order valence-corrected chi connectivity index (χ0v) is 18.7. The zero-order chi connectivity index (χ0) is 23.0. The average molecular weight is 467 g/mol. The first-order chi connectivity index (χ1) is 15.1. The number of hydrogen-bond acceptors (Lipinski definition) is 8. The number of imidazole rings is 1. The van der Waals surface area contributed by atoms with Gasteiger partial charge in [-0.25, -0.2) is 41.4 Å². The highest BCUT2D eigenvalue weighted by Gasteiger charge is 2.33. The van der Waals surface area contributed by atoms with Crippen LogP contribution in [0.1, 0.15) is 19.0 Å². The number of sulfonamides is 1. The van der Waals surface area contributed by atoms with Crippen molar-refractivity contribution in [2.75, 3.05) is 37.8 Å². The van der Waals surface area contributed by atoms with E-state index in [1.807, 2.05) is 14.0 Å². The fourth-order valence-electron chi connectivity index (χ4n) is 3.92. The van der Waals surface area contributed by atoms with Crippen molar-refractivity contribution in [2.45, 2.75) is 25.4 Å². The van der Waals surface area contributed by atoms with Gasteiger partial charge in [-0.1, -0.05) is 0 Å². The maximum Gasteiger partial charge on any atom is 0.282 e. The van der Waals surface area contributed by atoms with Gasteiger partial charge in [-0.3, -0.25) is 4.90 Å². The first kappa shape index (κ1) is 22.4. The van der Waals surface area contributed by atoms with Crippen LogP contribution in [0.5, 0.6) is 0 Å². The molecule has 0 bridgehead atoms. The summed E-state index contributed by atoms with van der Waals surface area (Å²) in [6.07, 6.45) is 1.39. The molecule has 1 saturated heterocycles. The number of halogens is 2. The molecule has 13 heteroatoms. The Kier molecular flexibility index (Phi) is 6.05. The van der Waals surface area contributed by atoms with Gasteiger partial charge in [0.05, 0.1) is 18.1 Å². The molecule has 2 atom stereocenters. The maximum atomic E-state index is 13.1. The van der Waals surface area contributed by atoms with Gasteiger partial charge in [0.1, 0.15) is 23.5 Å². The summed E-state index contributed by atoms with van der Waals surface area (Å²) in [5.41, 5.74) is 1.06. The molecule has 1 aliphatic heterocycles. The molecule has 4 rings (SSSR count). The predicted octanol–water partition coefficient (Wildman–Crippen LogP) is 1.18. The van der Waals surface area contributed by atoms with E-state index in [4.69, 9.17) is 0 Å². The molecular weight excluding hydrogens is 442 g/mol. The summed E-state index contributed by atoms with van der Waals surface area (Å²) in [5, 5.41) is 4.00. The van der Waals surface area contributed by atoms with Crippen LogP contribution in [0.25, 0.3) is 17.0 Å². The number of nitrogens with zero attached hydrogens (tertiary/aromatic N) is 7. The smallest absolute Gasteiger partial charge is 0.282 e. The van der Waals surface area contributed by atoms with Gasteiger partial charge < -0.3 is 4.90 Å². The van der Waals surface area contributed by atoms with E-state index in [9.17, 15) is 17.2 Å². The molecular formula is C19H24F2N8O2S. The molecule has 172 valence electrons. The number of likely N-dealkylation sites (N-methyl/N-ethyl adjacent to an activating group) is 1. The Morgan fingerprint density at radius 2 is 2.00 bits per heavy atom. The van der Waals surface area contributed by atoms with Gasteiger partial charge in [-0.2, -0.15) is 5.10 Å². The zero-order valence-electron chi connectivity index (χ0n) is 17.9. The van der Waals surface area contributed by atoms with Gasteiger partial charge >= 0.3 is 0 Å². The summed E-state index contributed by atoms with van der Waals surface area (Å²) in [6.45, 7) is 3.69. The maximum absolute atomic E-state index is 13.1. The van der Waals surface area contributed by atoms with Gasteiger partial charge in [0, 0.05) is 37.8 Å². The fourth-order valence-corrected chi connectivity index (χ4v) is 4.39. The van der Waals surface area contributed by atoms with Crippen LogP contribution >= 0.6 is 0 Å². The lowest BCUT2D eigenvalue weighted by atomic mass is 10.0. The van der Waals surface area contributed by atoms with Crippen molar-refractivity contribution in [3.63, 3.8) is 0 Å². The van der Waals surface area contributed by atoms with Crippen LogP contribution < -0.4 is 9.62 Å². The van der Waals surface area contributed by atoms with Crippen molar-refractivity contribution in [1.29, 1.82) is 0 Å². The van der Waals surface area contributed by atoms with Crippen LogP contribution in [0, 0.1) is 0 Å². The molecule has 0 saturated carbocycles. The summed E-state index contributed by atoms with van der Waals surface area (Å²) in [6, 6.07) is 4.39. The van der Waals surface area contributed by atoms with E-state index in [-0.39, 0.29) is 24.3 Å². The number of fused-ring (bicyclic) bond motifs is 1. The lowest BCUT2D eigenvalue weighted by Crippen LogP contribution is -2.60. The molecule has 4 heterocycles. The molecule has 3 aromatic rings. The van der Waals surface area contributed by atoms with Crippen molar-refractivity contribution in [1.82, 2.24) is 34.2 Å². The monoisotopic (exact) mass is 466 g/mol. The van der Waals surface area contributed by atoms with E-state index in [0.717, 1.165) is 6.26 Å². The van der Waals surface area contributed by atoms with E-state index < -0.39 is 16.4 Å². The Morgan fingerprint density at radius 3 is 2.72 bits per heavy atom. The Labute approximate surface area is 184 Å². The Morgan fingerprint density at radius 1 is 1.22 bits per heavy atom. The molecule has 0 radical (unpaired) electrons. The van der Waals surface area contributed by atoms with Crippen LogP contribution in [0.2, 0.25) is 0 Å². The summed E-state index contributed by atoms with van der Waals surface area (Å²) in [4.78, 5) is 17.1. The molecule has 0 aromatic carbocycles. The Bertz CT molecular complexity index is 1220. The van der Waals surface area contributed by atoms with Crippen molar-refractivity contribution in [3.05, 3.63) is 36.4 Å². The number of nitrogens with one attached hydrogen (secondary N) is 1. The van der Waals surface area contributed by atoms with Gasteiger partial charge in [0.15, 0.2) is 5.65 Å². The summed E-state index contributed by atoms with van der Waals surface area (Å²) in [7, 11) is -1.35. The van der Waals surface area contributed by atoms with Crippen molar-refractivity contribution in [3.8, 4) is 11.4 Å². The first-order valence-electron chi connectivity index (χ1n) is 10.0. The number of piperazine rings is 1. The second kappa shape index (κ2) is 8.64. The highest BCUT2D eigenvalue weighted by Crippen LogP contribution is 2.26. The molecule has 32 heavy (non-hydrogen) atoms. The highest BCUT2D eigenvalue weighted by molar-refractivity contribution is 7.88. The molecule has 0 aliphatic carbocycles. The van der Waals surface area contributed by atoms with Gasteiger partial charge in [0.25, 0.3) is 6.43 Å². The Balaban J connectivity index is 1.64. The Hall–Kier alpha value is -2.77. The van der Waals surface area contributed by atoms with Crippen LogP contribution in [-0.2, 0) is 10.0 Å². The first-order valence-corrected chi connectivity index (χ1v) is 11.9. The van der Waals surface area contributed by atoms with Crippen LogP contribution in [0.3, 0.4) is 0 Å². The number of hydrogen-bond donors (Lipinski definition) is 1. The van der Waals surface area contributed by atoms with Gasteiger partial charge in [0.2, 0.25) is 10.0 Å². The van der Waals surface area contributed by atoms with Crippen LogP contribution in [0.15, 0.2) is 30.7 Å². The summed E-state index contributed by atoms with van der Waals surface area (Å²) in [5.74, 6) is 0.653. The van der Waals surface area contributed by atoms with Crippen LogP contribution in [-0.4, -0.2) is 82.9 Å². The second-order valence-corrected chi connectivity index (χ2v) is 9.67. The molecule has 2 unspecified atom stereocenters. The normalized spacial score (nSPS) is 20.4. The third-order valence-corrected chi connectivity index (χ3v) is 6.37. The van der Waals surface area contributed by atoms with Gasteiger partial charge in [-0.15, -0.1) is 0 Å². The van der Waals surface area contributed by atoms with E-state index in [2.05, 4.69) is 34.6 Å². The van der Waals surface area contributed by atoms with E-state index in [0.29, 0.717) is 35.9 Å². The van der Waals surface area contributed by atoms with E-state index in [1.165, 1.54) is 29.2 Å². The van der Waals surface area contributed by atoms with Crippen molar-refractivity contribution >= 4 is 21.5 Å². The number of rotatable bonds is 6. The third kappa shape index (κ3) is 4.54. The summed E-state index contributed by atoms with van der Waals surface area (Å²) >= 11 is 0. The molecule has 10 nitrogen and oxygen atoms in total. The second-order valence-electron chi connectivity index (χ2n) is 7.84. The highest BCUT2D eigenvalue weighted by atomic mass is 32.2. The quantitative estimate of drug-likeness (QED) is 0.577. The van der Waals surface area contributed by atoms with Crippen molar-refractivity contribution in [2.24, 2.45) is 0 Å². The third-order valence-electron chi connectivity index (χ3n) is 5.68. The molecule has 1 aliphatic rings. The summed E-state index contributed by atoms with van der Waals surface area (Å²) < 4.78 is 53.3. The van der Waals surface area contributed by atoms with E-state index >= 15 is 0 Å². The lowest BCUT2D eigenvalue weighted by molar-refractivity contribution is 0.144. The van der Waals surface area contributed by atoms with Crippen molar-refractivity contribution < 1.29 is 17.2 Å². The predicted molar refractivity (Wildman–Crippen MR) is 115 cm³/mol. The lowest BCUT2D eigenvalue weighted by Gasteiger charge is -2.45. The van der Waals surface area contributed by atoms with E-state index in [1.54, 1.807) is 6.07 Å². The van der Waals surface area contributed by atoms with Crippen LogP contribution in [0.4, 0.5) is 14.6 Å². The fraction of sp³-hybridized carbons (Fsp3) is 0.474. The topological polar surface area (TPSA) is 109 Å². The standard InChI is InChI=1S/C19H24F2N8O2S/c1-12-15(10-25-32(3,30)31)27(2)6-7-28(12)18-8-14(23-11-24-18)16-9-22-17-5-4-13(19(20)21)26-29(16)17/h4-5,8-9,11-12,15,19,25H,6-7,10H2,1-3H3. The SMILES string of the molecule is CC1C(CNS(C)(=O)=O)N(C)CCN1c1cc(-c2cnc3ccc(C(F)F)nn23)ncn1. The molecule has 0 spiro atoms. The minimum absolute atomic E-state index is 0.0449. The minimum Gasteiger partial charge on any atom is -0.351 e.